The average Bonchev–Trinajstić information content (AvgIpc) is 2.66. The van der Waals surface area contributed by atoms with Crippen molar-refractivity contribution in [1.82, 2.24) is 4.98 Å². The van der Waals surface area contributed by atoms with E-state index in [1.165, 1.54) is 10.9 Å². The topological polar surface area (TPSA) is 39.6 Å². The molecule has 0 bridgehead atoms. The predicted octanol–water partition coefficient (Wildman–Crippen LogP) is 3.40. The highest BCUT2D eigenvalue weighted by Crippen LogP contribution is 2.33. The van der Waals surface area contributed by atoms with E-state index in [-0.39, 0.29) is 5.25 Å². The minimum Gasteiger partial charge on any atom is -0.361 e. The van der Waals surface area contributed by atoms with Crippen LogP contribution in [0.1, 0.15) is 16.4 Å². The Bertz CT molecular complexity index is 522. The van der Waals surface area contributed by atoms with Crippen LogP contribution in [0.15, 0.2) is 24.4 Å². The summed E-state index contributed by atoms with van der Waals surface area (Å²) in [6.07, 6.45) is 3.91. The van der Waals surface area contributed by atoms with Gasteiger partial charge in [0.2, 0.25) is 0 Å². The lowest BCUT2D eigenvalue weighted by Gasteiger charge is -2.05. The number of H-pyrrole nitrogens is 1. The maximum absolute atomic E-state index is 9.06. The van der Waals surface area contributed by atoms with Gasteiger partial charge in [-0.25, -0.2) is 0 Å². The molecule has 1 aromatic heterocycles. The van der Waals surface area contributed by atoms with Crippen molar-refractivity contribution in [2.75, 3.05) is 6.26 Å². The molecule has 15 heavy (non-hydrogen) atoms. The largest absolute Gasteiger partial charge is 0.361 e. The average molecular weight is 216 g/mol. The van der Waals surface area contributed by atoms with Gasteiger partial charge in [0, 0.05) is 22.7 Å². The van der Waals surface area contributed by atoms with E-state index >= 15 is 0 Å². The number of nitrogens with zero attached hydrogens (tertiary/aromatic N) is 1. The van der Waals surface area contributed by atoms with Crippen LogP contribution in [0, 0.1) is 18.3 Å². The normalized spacial score (nSPS) is 12.6. The Kier molecular flexibility index (Phi) is 2.70. The van der Waals surface area contributed by atoms with Gasteiger partial charge in [-0.05, 0) is 24.8 Å². The highest BCUT2D eigenvalue weighted by molar-refractivity contribution is 7.99. The molecular weight excluding hydrogens is 204 g/mol. The summed E-state index contributed by atoms with van der Waals surface area (Å²) >= 11 is 1.57. The summed E-state index contributed by atoms with van der Waals surface area (Å²) in [5, 5.41) is 10.2. The zero-order valence-corrected chi connectivity index (χ0v) is 9.56. The van der Waals surface area contributed by atoms with Crippen molar-refractivity contribution in [3.63, 3.8) is 0 Å². The number of hydrogen-bond donors (Lipinski definition) is 1. The molecule has 0 radical (unpaired) electrons. The Morgan fingerprint density at radius 3 is 2.93 bits per heavy atom. The van der Waals surface area contributed by atoms with Crippen LogP contribution in [0.4, 0.5) is 0 Å². The summed E-state index contributed by atoms with van der Waals surface area (Å²) in [4.78, 5) is 3.21. The molecule has 0 aliphatic heterocycles. The van der Waals surface area contributed by atoms with Crippen LogP contribution in [0.3, 0.4) is 0 Å². The van der Waals surface area contributed by atoms with Crippen molar-refractivity contribution in [2.45, 2.75) is 12.2 Å². The molecule has 0 saturated carbocycles. The van der Waals surface area contributed by atoms with E-state index < -0.39 is 0 Å². The summed E-state index contributed by atoms with van der Waals surface area (Å²) in [6.45, 7) is 2.08. The van der Waals surface area contributed by atoms with Crippen molar-refractivity contribution < 1.29 is 0 Å². The molecule has 2 aromatic rings. The maximum atomic E-state index is 9.06. The monoisotopic (exact) mass is 216 g/mol. The van der Waals surface area contributed by atoms with Crippen LogP contribution < -0.4 is 0 Å². The van der Waals surface area contributed by atoms with Crippen LogP contribution in [0.25, 0.3) is 10.9 Å². The van der Waals surface area contributed by atoms with E-state index in [0.29, 0.717) is 0 Å². The smallest absolute Gasteiger partial charge is 0.118 e. The third-order valence-electron chi connectivity index (χ3n) is 2.58. The number of aryl methyl sites for hydroxylation is 1. The fourth-order valence-electron chi connectivity index (χ4n) is 1.85. The third kappa shape index (κ3) is 1.62. The third-order valence-corrected chi connectivity index (χ3v) is 3.41. The molecule has 1 atom stereocenters. The SMILES string of the molecule is CSC(C#N)c1c[nH]c2cccc(C)c12. The molecule has 1 N–H and O–H groups in total. The van der Waals surface area contributed by atoms with E-state index in [9.17, 15) is 0 Å². The van der Waals surface area contributed by atoms with Crippen LogP contribution in [-0.4, -0.2) is 11.2 Å². The van der Waals surface area contributed by atoms with Crippen molar-refractivity contribution in [2.24, 2.45) is 0 Å². The first-order chi connectivity index (χ1) is 7.27. The summed E-state index contributed by atoms with van der Waals surface area (Å²) in [5.74, 6) is 0. The second kappa shape index (κ2) is 4.00. The highest BCUT2D eigenvalue weighted by atomic mass is 32.2. The number of thioether (sulfide) groups is 1. The molecule has 0 amide bonds. The van der Waals surface area contributed by atoms with Crippen LogP contribution in [0.2, 0.25) is 0 Å². The van der Waals surface area contributed by atoms with Crippen LogP contribution in [0.5, 0.6) is 0 Å². The molecule has 0 spiro atoms. The number of hydrogen-bond acceptors (Lipinski definition) is 2. The Morgan fingerprint density at radius 1 is 1.47 bits per heavy atom. The Balaban J connectivity index is 2.68. The van der Waals surface area contributed by atoms with Crippen LogP contribution in [-0.2, 0) is 0 Å². The number of nitriles is 1. The molecule has 0 aliphatic carbocycles. The van der Waals surface area contributed by atoms with Gasteiger partial charge in [-0.3, -0.25) is 0 Å². The van der Waals surface area contributed by atoms with Gasteiger partial charge in [0.05, 0.1) is 6.07 Å². The number of nitrogens with one attached hydrogen (secondary N) is 1. The molecule has 3 heteroatoms. The molecule has 1 unspecified atom stereocenters. The molecular formula is C12H12N2S. The first-order valence-corrected chi connectivity index (χ1v) is 6.05. The molecule has 0 aliphatic rings. The number of fused-ring (bicyclic) bond motifs is 1. The fourth-order valence-corrected chi connectivity index (χ4v) is 2.40. The van der Waals surface area contributed by atoms with Crippen LogP contribution >= 0.6 is 11.8 Å². The van der Waals surface area contributed by atoms with Gasteiger partial charge in [-0.15, -0.1) is 11.8 Å². The summed E-state index contributed by atoms with van der Waals surface area (Å²) in [5.41, 5.74) is 3.43. The predicted molar refractivity (Wildman–Crippen MR) is 64.9 cm³/mol. The molecule has 1 heterocycles. The number of aromatic amines is 1. The Morgan fingerprint density at radius 2 is 2.27 bits per heavy atom. The van der Waals surface area contributed by atoms with Gasteiger partial charge in [0.25, 0.3) is 0 Å². The highest BCUT2D eigenvalue weighted by Gasteiger charge is 2.14. The molecule has 2 nitrogen and oxygen atoms in total. The zero-order valence-electron chi connectivity index (χ0n) is 8.74. The summed E-state index contributed by atoms with van der Waals surface area (Å²) in [7, 11) is 0. The Hall–Kier alpha value is -1.40. The van der Waals surface area contributed by atoms with E-state index in [0.717, 1.165) is 11.1 Å². The standard InChI is InChI=1S/C12H12N2S/c1-8-4-3-5-10-12(8)9(7-14-10)11(6-13)15-2/h3-5,7,11,14H,1-2H3. The van der Waals surface area contributed by atoms with Gasteiger partial charge in [-0.2, -0.15) is 5.26 Å². The molecule has 1 aromatic carbocycles. The van der Waals surface area contributed by atoms with Crippen molar-refractivity contribution >= 4 is 22.7 Å². The fraction of sp³-hybridized carbons (Fsp3) is 0.250. The van der Waals surface area contributed by atoms with E-state index in [1.807, 2.05) is 24.6 Å². The quantitative estimate of drug-likeness (QED) is 0.835. The molecule has 2 rings (SSSR count). The molecule has 0 saturated heterocycles. The van der Waals surface area contributed by atoms with E-state index in [4.69, 9.17) is 5.26 Å². The van der Waals surface area contributed by atoms with Gasteiger partial charge in [0.15, 0.2) is 0 Å². The molecule has 76 valence electrons. The minimum atomic E-state index is -0.0835. The van der Waals surface area contributed by atoms with Gasteiger partial charge in [0.1, 0.15) is 5.25 Å². The lowest BCUT2D eigenvalue weighted by atomic mass is 10.1. The first-order valence-electron chi connectivity index (χ1n) is 4.77. The van der Waals surface area contributed by atoms with Gasteiger partial charge < -0.3 is 4.98 Å². The summed E-state index contributed by atoms with van der Waals surface area (Å²) < 4.78 is 0. The van der Waals surface area contributed by atoms with E-state index in [1.54, 1.807) is 11.8 Å². The van der Waals surface area contributed by atoms with E-state index in [2.05, 4.69) is 24.0 Å². The maximum Gasteiger partial charge on any atom is 0.118 e. The number of benzene rings is 1. The van der Waals surface area contributed by atoms with Gasteiger partial charge in [-0.1, -0.05) is 12.1 Å². The zero-order chi connectivity index (χ0) is 10.8. The second-order valence-electron chi connectivity index (χ2n) is 3.49. The number of rotatable bonds is 2. The van der Waals surface area contributed by atoms with Crippen molar-refractivity contribution in [1.29, 1.82) is 5.26 Å². The second-order valence-corrected chi connectivity index (χ2v) is 4.43. The lowest BCUT2D eigenvalue weighted by molar-refractivity contribution is 1.24. The lowest BCUT2D eigenvalue weighted by Crippen LogP contribution is -1.88. The Labute approximate surface area is 93.3 Å². The summed E-state index contributed by atoms with van der Waals surface area (Å²) in [6, 6.07) is 8.46. The van der Waals surface area contributed by atoms with Crippen molar-refractivity contribution in [3.05, 3.63) is 35.5 Å². The minimum absolute atomic E-state index is 0.0835. The first kappa shape index (κ1) is 10.1. The van der Waals surface area contributed by atoms with Crippen molar-refractivity contribution in [3.8, 4) is 6.07 Å². The number of aromatic nitrogens is 1. The van der Waals surface area contributed by atoms with Gasteiger partial charge >= 0.3 is 0 Å². The molecule has 0 fully saturated rings.